The van der Waals surface area contributed by atoms with Crippen LogP contribution in [0.2, 0.25) is 5.28 Å². The first kappa shape index (κ1) is 16.9. The average Bonchev–Trinajstić information content (AvgIpc) is 2.25. The molecule has 1 heterocycles. The Balaban J connectivity index is 2.96. The zero-order valence-corrected chi connectivity index (χ0v) is 10.1. The van der Waals surface area contributed by atoms with Gasteiger partial charge in [0.15, 0.2) is 0 Å². The second kappa shape index (κ2) is 5.67. The molecule has 0 aromatic carbocycles. The van der Waals surface area contributed by atoms with Gasteiger partial charge in [-0.2, -0.15) is 41.3 Å². The summed E-state index contributed by atoms with van der Waals surface area (Å²) in [5.41, 5.74) is 0. The Morgan fingerprint density at radius 3 is 1.43 bits per heavy atom. The zero-order chi connectivity index (χ0) is 16.4. The van der Waals surface area contributed by atoms with Gasteiger partial charge in [-0.1, -0.05) is 0 Å². The van der Waals surface area contributed by atoms with E-state index in [-0.39, 0.29) is 0 Å². The maximum Gasteiger partial charge on any atom is 0.471 e. The fourth-order valence-corrected chi connectivity index (χ4v) is 0.967. The molecule has 0 saturated heterocycles. The highest BCUT2D eigenvalue weighted by Crippen LogP contribution is 2.19. The van der Waals surface area contributed by atoms with Crippen LogP contribution < -0.4 is 10.6 Å². The standard InChI is InChI=1S/C7H2ClF6N5O2/c8-3-17-4(15-1(20)6(9,10)11)19-5(18-3)16-2(21)7(12,13)14/h(H2,15,16,17,18,19,20,21). The second-order valence-corrected chi connectivity index (χ2v) is 3.49. The van der Waals surface area contributed by atoms with Crippen LogP contribution in [0.5, 0.6) is 0 Å². The maximum absolute atomic E-state index is 12.0. The van der Waals surface area contributed by atoms with Crippen LogP contribution in [0.25, 0.3) is 0 Å². The van der Waals surface area contributed by atoms with Gasteiger partial charge in [0.25, 0.3) is 0 Å². The lowest BCUT2D eigenvalue weighted by Crippen LogP contribution is -2.32. The molecular formula is C7H2ClF6N5O2. The van der Waals surface area contributed by atoms with Crippen molar-refractivity contribution in [1.82, 2.24) is 15.0 Å². The molecule has 0 aliphatic rings. The van der Waals surface area contributed by atoms with E-state index in [2.05, 4.69) is 15.0 Å². The molecule has 7 nitrogen and oxygen atoms in total. The molecule has 0 unspecified atom stereocenters. The molecule has 21 heavy (non-hydrogen) atoms. The molecule has 116 valence electrons. The van der Waals surface area contributed by atoms with Gasteiger partial charge in [-0.05, 0) is 11.6 Å². The first-order valence-electron chi connectivity index (χ1n) is 4.57. The van der Waals surface area contributed by atoms with Crippen molar-refractivity contribution in [1.29, 1.82) is 0 Å². The molecular weight excluding hydrogens is 336 g/mol. The van der Waals surface area contributed by atoms with Gasteiger partial charge in [-0.25, -0.2) is 0 Å². The molecule has 0 atom stereocenters. The Morgan fingerprint density at radius 2 is 1.14 bits per heavy atom. The van der Waals surface area contributed by atoms with Crippen LogP contribution in [0.3, 0.4) is 0 Å². The summed E-state index contributed by atoms with van der Waals surface area (Å²) >= 11 is 5.22. The molecule has 0 fully saturated rings. The van der Waals surface area contributed by atoms with Gasteiger partial charge in [0, 0.05) is 0 Å². The number of anilines is 2. The van der Waals surface area contributed by atoms with Crippen molar-refractivity contribution in [3.63, 3.8) is 0 Å². The third-order valence-electron chi connectivity index (χ3n) is 1.57. The topological polar surface area (TPSA) is 96.9 Å². The minimum atomic E-state index is -5.28. The van der Waals surface area contributed by atoms with E-state index in [9.17, 15) is 35.9 Å². The summed E-state index contributed by atoms with van der Waals surface area (Å²) in [6.07, 6.45) is -10.6. The lowest BCUT2D eigenvalue weighted by atomic mass is 10.6. The predicted octanol–water partition coefficient (Wildman–Crippen LogP) is 1.53. The van der Waals surface area contributed by atoms with E-state index in [1.165, 1.54) is 0 Å². The van der Waals surface area contributed by atoms with Crippen molar-refractivity contribution in [2.75, 3.05) is 10.6 Å². The number of halogens is 7. The summed E-state index contributed by atoms with van der Waals surface area (Å²) in [4.78, 5) is 30.2. The van der Waals surface area contributed by atoms with Gasteiger partial charge < -0.3 is 0 Å². The van der Waals surface area contributed by atoms with Crippen LogP contribution >= 0.6 is 11.6 Å². The first-order chi connectivity index (χ1) is 9.39. The second-order valence-electron chi connectivity index (χ2n) is 3.16. The number of carbonyl (C=O) groups is 2. The number of nitrogens with one attached hydrogen (secondary N) is 2. The van der Waals surface area contributed by atoms with Gasteiger partial charge >= 0.3 is 24.2 Å². The van der Waals surface area contributed by atoms with Crippen molar-refractivity contribution in [3.05, 3.63) is 5.28 Å². The Morgan fingerprint density at radius 1 is 0.810 bits per heavy atom. The third-order valence-corrected chi connectivity index (χ3v) is 1.74. The smallest absolute Gasteiger partial charge is 0.286 e. The molecule has 0 aliphatic carbocycles. The SMILES string of the molecule is O=C(Nc1nc(Cl)nc(NC(=O)C(F)(F)F)n1)C(F)(F)F. The van der Waals surface area contributed by atoms with E-state index < -0.39 is 41.3 Å². The first-order valence-corrected chi connectivity index (χ1v) is 4.95. The third kappa shape index (κ3) is 5.02. The molecule has 0 bridgehead atoms. The van der Waals surface area contributed by atoms with Crippen LogP contribution in [-0.2, 0) is 9.59 Å². The average molecular weight is 338 g/mol. The van der Waals surface area contributed by atoms with Crippen molar-refractivity contribution in [3.8, 4) is 0 Å². The molecule has 2 N–H and O–H groups in total. The highest BCUT2D eigenvalue weighted by Gasteiger charge is 2.40. The van der Waals surface area contributed by atoms with E-state index in [0.29, 0.717) is 0 Å². The maximum atomic E-state index is 12.0. The van der Waals surface area contributed by atoms with E-state index in [4.69, 9.17) is 11.6 Å². The number of carbonyl (C=O) groups excluding carboxylic acids is 2. The van der Waals surface area contributed by atoms with Crippen LogP contribution in [0.1, 0.15) is 0 Å². The quantitative estimate of drug-likeness (QED) is 0.798. The highest BCUT2D eigenvalue weighted by molar-refractivity contribution is 6.28. The zero-order valence-electron chi connectivity index (χ0n) is 9.30. The van der Waals surface area contributed by atoms with E-state index in [1.807, 2.05) is 0 Å². The number of hydrogen-bond donors (Lipinski definition) is 2. The van der Waals surface area contributed by atoms with Gasteiger partial charge in [-0.15, -0.1) is 0 Å². The van der Waals surface area contributed by atoms with Gasteiger partial charge in [0.05, 0.1) is 0 Å². The normalized spacial score (nSPS) is 12.0. The molecule has 1 rings (SSSR count). The lowest BCUT2D eigenvalue weighted by molar-refractivity contribution is -0.167. The number of rotatable bonds is 2. The Hall–Kier alpha value is -2.18. The van der Waals surface area contributed by atoms with Crippen LogP contribution in [-0.4, -0.2) is 39.1 Å². The van der Waals surface area contributed by atoms with E-state index >= 15 is 0 Å². The number of alkyl halides is 6. The van der Waals surface area contributed by atoms with Gasteiger partial charge in [-0.3, -0.25) is 20.2 Å². The van der Waals surface area contributed by atoms with Crippen molar-refractivity contribution in [2.45, 2.75) is 12.4 Å². The van der Waals surface area contributed by atoms with E-state index in [0.717, 1.165) is 10.6 Å². The summed E-state index contributed by atoms with van der Waals surface area (Å²) in [7, 11) is 0. The van der Waals surface area contributed by atoms with Crippen molar-refractivity contribution < 1.29 is 35.9 Å². The predicted molar refractivity (Wildman–Crippen MR) is 54.2 cm³/mol. The molecule has 0 aliphatic heterocycles. The Labute approximate surface area is 115 Å². The summed E-state index contributed by atoms with van der Waals surface area (Å²) in [5.74, 6) is -7.15. The lowest BCUT2D eigenvalue weighted by Gasteiger charge is -2.09. The summed E-state index contributed by atoms with van der Waals surface area (Å²) < 4.78 is 71.8. The molecule has 0 spiro atoms. The van der Waals surface area contributed by atoms with Crippen LogP contribution in [0.15, 0.2) is 0 Å². The molecule has 1 aromatic rings. The minimum absolute atomic E-state index is 0.847. The van der Waals surface area contributed by atoms with Gasteiger partial charge in [0.1, 0.15) is 0 Å². The largest absolute Gasteiger partial charge is 0.471 e. The molecule has 2 amide bonds. The van der Waals surface area contributed by atoms with Crippen molar-refractivity contribution >= 4 is 35.3 Å². The minimum Gasteiger partial charge on any atom is -0.286 e. The molecule has 1 aromatic heterocycles. The highest BCUT2D eigenvalue weighted by atomic mass is 35.5. The van der Waals surface area contributed by atoms with Gasteiger partial charge in [0.2, 0.25) is 17.2 Å². The fraction of sp³-hybridized carbons (Fsp3) is 0.286. The number of hydrogen-bond acceptors (Lipinski definition) is 5. The van der Waals surface area contributed by atoms with E-state index in [1.54, 1.807) is 0 Å². The molecule has 0 saturated carbocycles. The summed E-state index contributed by atoms with van der Waals surface area (Å²) in [6.45, 7) is 0. The van der Waals surface area contributed by atoms with Crippen LogP contribution in [0.4, 0.5) is 38.2 Å². The molecule has 0 radical (unpaired) electrons. The fourth-order valence-electron chi connectivity index (χ4n) is 0.807. The number of amides is 2. The Bertz CT molecular complexity index is 527. The van der Waals surface area contributed by atoms with Crippen LogP contribution in [0, 0.1) is 0 Å². The monoisotopic (exact) mass is 337 g/mol. The number of nitrogens with zero attached hydrogens (tertiary/aromatic N) is 3. The Kier molecular flexibility index (Phi) is 4.56. The van der Waals surface area contributed by atoms with Crippen molar-refractivity contribution in [2.24, 2.45) is 0 Å². The molecule has 14 heteroatoms. The summed E-state index contributed by atoms with van der Waals surface area (Å²) in [6, 6.07) is 0. The number of aromatic nitrogens is 3. The summed E-state index contributed by atoms with van der Waals surface area (Å²) in [5, 5.41) is 1.42.